The summed E-state index contributed by atoms with van der Waals surface area (Å²) in [5.74, 6) is -2.17. The van der Waals surface area contributed by atoms with Gasteiger partial charge >= 0.3 is 6.03 Å². The van der Waals surface area contributed by atoms with Crippen molar-refractivity contribution in [3.05, 3.63) is 35.4 Å². The van der Waals surface area contributed by atoms with Crippen LogP contribution in [-0.2, 0) is 16.0 Å². The lowest BCUT2D eigenvalue weighted by Crippen LogP contribution is -2.47. The van der Waals surface area contributed by atoms with Crippen molar-refractivity contribution in [1.29, 1.82) is 0 Å². The number of rotatable bonds is 3. The van der Waals surface area contributed by atoms with Crippen LogP contribution in [0.15, 0.2) is 18.2 Å². The number of hydrogen-bond donors (Lipinski definition) is 1. The second-order valence-corrected chi connectivity index (χ2v) is 5.27. The first-order chi connectivity index (χ1) is 10.0. The molecular formula is C14H14F2N2O3. The number of amides is 3. The first-order valence-electron chi connectivity index (χ1n) is 6.68. The minimum Gasteiger partial charge on any atom is -0.378 e. The molecule has 0 radical (unpaired) electrons. The second kappa shape index (κ2) is 5.07. The van der Waals surface area contributed by atoms with Crippen LogP contribution in [0, 0.1) is 11.6 Å². The Balaban J connectivity index is 1.69. The minimum atomic E-state index is -0.939. The molecule has 2 aliphatic heterocycles. The molecule has 0 aromatic heterocycles. The highest BCUT2D eigenvalue weighted by molar-refractivity contribution is 6.07. The van der Waals surface area contributed by atoms with Crippen molar-refractivity contribution in [3.8, 4) is 0 Å². The number of halogens is 2. The van der Waals surface area contributed by atoms with Crippen LogP contribution in [0.5, 0.6) is 0 Å². The van der Waals surface area contributed by atoms with E-state index in [-0.39, 0.29) is 25.5 Å². The molecule has 112 valence electrons. The summed E-state index contributed by atoms with van der Waals surface area (Å²) < 4.78 is 31.2. The smallest absolute Gasteiger partial charge is 0.325 e. The Morgan fingerprint density at radius 3 is 2.76 bits per heavy atom. The Kier molecular flexibility index (Phi) is 3.36. The van der Waals surface area contributed by atoms with Crippen LogP contribution < -0.4 is 5.32 Å². The van der Waals surface area contributed by atoms with E-state index in [4.69, 9.17) is 4.74 Å². The third kappa shape index (κ3) is 2.37. The Bertz CT molecular complexity index is 600. The number of imide groups is 1. The Morgan fingerprint density at radius 1 is 1.29 bits per heavy atom. The molecule has 0 saturated carbocycles. The summed E-state index contributed by atoms with van der Waals surface area (Å²) in [5, 5.41) is 2.66. The summed E-state index contributed by atoms with van der Waals surface area (Å²) in [5.41, 5.74) is -0.413. The van der Waals surface area contributed by atoms with Crippen molar-refractivity contribution in [3.63, 3.8) is 0 Å². The van der Waals surface area contributed by atoms with Gasteiger partial charge in [0.1, 0.15) is 5.54 Å². The zero-order valence-electron chi connectivity index (χ0n) is 11.2. The number of urea groups is 1. The van der Waals surface area contributed by atoms with E-state index in [1.165, 1.54) is 6.07 Å². The van der Waals surface area contributed by atoms with Crippen molar-refractivity contribution >= 4 is 11.9 Å². The molecule has 21 heavy (non-hydrogen) atoms. The number of ether oxygens (including phenoxy) is 1. The number of nitrogens with zero attached hydrogens (tertiary/aromatic N) is 1. The molecule has 1 atom stereocenters. The van der Waals surface area contributed by atoms with Crippen LogP contribution in [0.3, 0.4) is 0 Å². The van der Waals surface area contributed by atoms with Gasteiger partial charge in [-0.3, -0.25) is 9.69 Å². The van der Waals surface area contributed by atoms with Crippen LogP contribution >= 0.6 is 0 Å². The van der Waals surface area contributed by atoms with Crippen molar-refractivity contribution in [1.82, 2.24) is 10.2 Å². The fourth-order valence-corrected chi connectivity index (χ4v) is 2.65. The number of carbonyl (C=O) groups is 2. The molecule has 2 saturated heterocycles. The number of hydrogen-bond acceptors (Lipinski definition) is 3. The predicted molar refractivity (Wildman–Crippen MR) is 68.5 cm³/mol. The number of carbonyl (C=O) groups excluding carboxylic acids is 2. The quantitative estimate of drug-likeness (QED) is 0.853. The van der Waals surface area contributed by atoms with Crippen molar-refractivity contribution in [2.45, 2.75) is 18.4 Å². The average Bonchev–Trinajstić information content (AvgIpc) is 3.00. The summed E-state index contributed by atoms with van der Waals surface area (Å²) >= 11 is 0. The molecule has 2 fully saturated rings. The fraction of sp³-hybridized carbons (Fsp3) is 0.429. The molecule has 3 amide bonds. The number of benzene rings is 1. The molecule has 0 bridgehead atoms. The highest BCUT2D eigenvalue weighted by atomic mass is 19.2. The van der Waals surface area contributed by atoms with Gasteiger partial charge in [-0.05, 0) is 24.1 Å². The van der Waals surface area contributed by atoms with Gasteiger partial charge in [0, 0.05) is 19.6 Å². The van der Waals surface area contributed by atoms with E-state index in [2.05, 4.69) is 5.32 Å². The van der Waals surface area contributed by atoms with Crippen molar-refractivity contribution in [2.24, 2.45) is 0 Å². The van der Waals surface area contributed by atoms with E-state index in [1.54, 1.807) is 0 Å². The van der Waals surface area contributed by atoms with Gasteiger partial charge in [-0.25, -0.2) is 13.6 Å². The lowest BCUT2D eigenvalue weighted by Gasteiger charge is -2.18. The highest BCUT2D eigenvalue weighted by Gasteiger charge is 2.53. The van der Waals surface area contributed by atoms with Crippen LogP contribution in [-0.4, -0.2) is 42.1 Å². The molecular weight excluding hydrogens is 282 g/mol. The van der Waals surface area contributed by atoms with Gasteiger partial charge in [0.25, 0.3) is 5.91 Å². The van der Waals surface area contributed by atoms with Crippen LogP contribution in [0.1, 0.15) is 12.0 Å². The van der Waals surface area contributed by atoms with Crippen molar-refractivity contribution in [2.75, 3.05) is 19.8 Å². The molecule has 7 heteroatoms. The van der Waals surface area contributed by atoms with Gasteiger partial charge < -0.3 is 10.1 Å². The van der Waals surface area contributed by atoms with Crippen molar-refractivity contribution < 1.29 is 23.1 Å². The third-order valence-electron chi connectivity index (χ3n) is 3.88. The molecule has 0 aliphatic carbocycles. The Labute approximate surface area is 119 Å². The molecule has 5 nitrogen and oxygen atoms in total. The first-order valence-corrected chi connectivity index (χ1v) is 6.68. The zero-order chi connectivity index (χ0) is 15.0. The topological polar surface area (TPSA) is 58.6 Å². The molecule has 1 spiro atoms. The highest BCUT2D eigenvalue weighted by Crippen LogP contribution is 2.27. The van der Waals surface area contributed by atoms with Gasteiger partial charge in [-0.1, -0.05) is 6.07 Å². The van der Waals surface area contributed by atoms with Crippen LogP contribution in [0.25, 0.3) is 0 Å². The zero-order valence-corrected chi connectivity index (χ0v) is 11.2. The maximum absolute atomic E-state index is 13.1. The van der Waals surface area contributed by atoms with Gasteiger partial charge in [-0.2, -0.15) is 0 Å². The summed E-state index contributed by atoms with van der Waals surface area (Å²) in [6, 6.07) is 3.07. The average molecular weight is 296 g/mol. The second-order valence-electron chi connectivity index (χ2n) is 5.27. The monoisotopic (exact) mass is 296 g/mol. The molecule has 2 aliphatic rings. The van der Waals surface area contributed by atoms with E-state index in [0.717, 1.165) is 17.0 Å². The normalized spacial score (nSPS) is 25.0. The molecule has 1 unspecified atom stereocenters. The molecule has 3 rings (SSSR count). The Hall–Kier alpha value is -2.02. The SMILES string of the molecule is O=C1NC2(CCOC2)C(=O)N1CCc1ccc(F)c(F)c1. The molecule has 1 aromatic carbocycles. The maximum atomic E-state index is 13.1. The number of nitrogens with one attached hydrogen (secondary N) is 1. The predicted octanol–water partition coefficient (Wildman–Crippen LogP) is 1.22. The largest absolute Gasteiger partial charge is 0.378 e. The van der Waals surface area contributed by atoms with Gasteiger partial charge in [0.05, 0.1) is 6.61 Å². The standard InChI is InChI=1S/C14H14F2N2O3/c15-10-2-1-9(7-11(10)16)3-5-18-12(19)14(17-13(18)20)4-6-21-8-14/h1-2,7H,3-6,8H2,(H,17,20). The van der Waals surface area contributed by atoms with E-state index < -0.39 is 23.2 Å². The summed E-state index contributed by atoms with van der Waals surface area (Å²) in [6.07, 6.45) is 0.729. The Morgan fingerprint density at radius 2 is 2.10 bits per heavy atom. The van der Waals surface area contributed by atoms with Gasteiger partial charge in [0.2, 0.25) is 0 Å². The third-order valence-corrected chi connectivity index (χ3v) is 3.88. The van der Waals surface area contributed by atoms with E-state index >= 15 is 0 Å². The van der Waals surface area contributed by atoms with Crippen LogP contribution in [0.4, 0.5) is 13.6 Å². The summed E-state index contributed by atoms with van der Waals surface area (Å²) in [4.78, 5) is 25.3. The first kappa shape index (κ1) is 13.9. The van der Waals surface area contributed by atoms with Gasteiger partial charge in [0.15, 0.2) is 11.6 Å². The van der Waals surface area contributed by atoms with E-state index in [1.807, 2.05) is 0 Å². The van der Waals surface area contributed by atoms with E-state index in [9.17, 15) is 18.4 Å². The minimum absolute atomic E-state index is 0.123. The lowest BCUT2D eigenvalue weighted by atomic mass is 9.99. The fourth-order valence-electron chi connectivity index (χ4n) is 2.65. The summed E-state index contributed by atoms with van der Waals surface area (Å²) in [6.45, 7) is 0.736. The lowest BCUT2D eigenvalue weighted by molar-refractivity contribution is -0.131. The summed E-state index contributed by atoms with van der Waals surface area (Å²) in [7, 11) is 0. The molecule has 2 heterocycles. The van der Waals surface area contributed by atoms with E-state index in [0.29, 0.717) is 18.6 Å². The van der Waals surface area contributed by atoms with Gasteiger partial charge in [-0.15, -0.1) is 0 Å². The molecule has 1 aromatic rings. The van der Waals surface area contributed by atoms with Crippen LogP contribution in [0.2, 0.25) is 0 Å². The maximum Gasteiger partial charge on any atom is 0.325 e. The molecule has 1 N–H and O–H groups in total.